The largest absolute Gasteiger partial charge is 0.461 e. The molecule has 0 aliphatic rings. The lowest BCUT2D eigenvalue weighted by molar-refractivity contribution is -0.153. The molecule has 0 aliphatic carbocycles. The SMILES string of the molecule is CCC(C)OC(=O)C(C)F. The summed E-state index contributed by atoms with van der Waals surface area (Å²) in [5.74, 6) is -0.769. The molecule has 0 saturated heterocycles. The van der Waals surface area contributed by atoms with Crippen LogP contribution in [0.25, 0.3) is 0 Å². The molecular formula is C7H13FO2. The number of hydrogen-bond donors (Lipinski definition) is 0. The van der Waals surface area contributed by atoms with E-state index in [1.165, 1.54) is 6.92 Å². The summed E-state index contributed by atoms with van der Waals surface area (Å²) in [6.07, 6.45) is -0.960. The summed E-state index contributed by atoms with van der Waals surface area (Å²) in [5.41, 5.74) is 0. The monoisotopic (exact) mass is 148 g/mol. The Kier molecular flexibility index (Phi) is 4.00. The first-order valence-electron chi connectivity index (χ1n) is 3.42. The highest BCUT2D eigenvalue weighted by Gasteiger charge is 2.14. The van der Waals surface area contributed by atoms with Gasteiger partial charge in [0.25, 0.3) is 0 Å². The number of hydrogen-bond acceptors (Lipinski definition) is 2. The van der Waals surface area contributed by atoms with Crippen molar-refractivity contribution in [3.63, 3.8) is 0 Å². The molecule has 0 aliphatic heterocycles. The molecule has 10 heavy (non-hydrogen) atoms. The van der Waals surface area contributed by atoms with Crippen molar-refractivity contribution >= 4 is 5.97 Å². The van der Waals surface area contributed by atoms with Gasteiger partial charge in [-0.2, -0.15) is 0 Å². The molecule has 2 atom stereocenters. The number of alkyl halides is 1. The Morgan fingerprint density at radius 3 is 2.40 bits per heavy atom. The number of halogens is 1. The first-order chi connectivity index (χ1) is 4.57. The minimum Gasteiger partial charge on any atom is -0.461 e. The van der Waals surface area contributed by atoms with Crippen LogP contribution in [0, 0.1) is 0 Å². The van der Waals surface area contributed by atoms with Crippen molar-refractivity contribution in [2.75, 3.05) is 0 Å². The number of carbonyl (C=O) groups is 1. The highest BCUT2D eigenvalue weighted by Crippen LogP contribution is 2.00. The van der Waals surface area contributed by atoms with E-state index in [0.717, 1.165) is 6.42 Å². The maximum Gasteiger partial charge on any atom is 0.340 e. The number of carbonyl (C=O) groups excluding carboxylic acids is 1. The molecule has 0 heterocycles. The predicted molar refractivity (Wildman–Crippen MR) is 36.4 cm³/mol. The van der Waals surface area contributed by atoms with Gasteiger partial charge in [-0.05, 0) is 20.3 Å². The molecule has 2 nitrogen and oxygen atoms in total. The summed E-state index contributed by atoms with van der Waals surface area (Å²) in [6, 6.07) is 0. The van der Waals surface area contributed by atoms with Crippen molar-refractivity contribution in [2.45, 2.75) is 39.5 Å². The summed E-state index contributed by atoms with van der Waals surface area (Å²) < 4.78 is 16.8. The minimum atomic E-state index is -1.51. The third-order valence-corrected chi connectivity index (χ3v) is 1.22. The molecule has 60 valence electrons. The van der Waals surface area contributed by atoms with Crippen molar-refractivity contribution < 1.29 is 13.9 Å². The maximum absolute atomic E-state index is 12.1. The van der Waals surface area contributed by atoms with Gasteiger partial charge in [0.2, 0.25) is 0 Å². The lowest BCUT2D eigenvalue weighted by Gasteiger charge is -2.10. The lowest BCUT2D eigenvalue weighted by Crippen LogP contribution is -2.20. The molecular weight excluding hydrogens is 135 g/mol. The number of esters is 1. The van der Waals surface area contributed by atoms with E-state index in [0.29, 0.717) is 0 Å². The fraction of sp³-hybridized carbons (Fsp3) is 0.857. The maximum atomic E-state index is 12.1. The van der Waals surface area contributed by atoms with Gasteiger partial charge < -0.3 is 4.74 Å². The molecule has 0 aromatic carbocycles. The van der Waals surface area contributed by atoms with E-state index in [-0.39, 0.29) is 6.10 Å². The van der Waals surface area contributed by atoms with Crippen LogP contribution >= 0.6 is 0 Å². The molecule has 0 bridgehead atoms. The highest BCUT2D eigenvalue weighted by atomic mass is 19.1. The van der Waals surface area contributed by atoms with E-state index in [4.69, 9.17) is 0 Å². The first-order valence-corrected chi connectivity index (χ1v) is 3.42. The van der Waals surface area contributed by atoms with Crippen molar-refractivity contribution in [1.82, 2.24) is 0 Å². The molecule has 0 radical (unpaired) electrons. The van der Waals surface area contributed by atoms with Crippen LogP contribution in [0.5, 0.6) is 0 Å². The molecule has 0 rings (SSSR count). The molecule has 0 fully saturated rings. The van der Waals surface area contributed by atoms with Gasteiger partial charge in [-0.1, -0.05) is 6.92 Å². The smallest absolute Gasteiger partial charge is 0.340 e. The van der Waals surface area contributed by atoms with E-state index in [2.05, 4.69) is 4.74 Å². The van der Waals surface area contributed by atoms with Crippen LogP contribution in [0.2, 0.25) is 0 Å². The van der Waals surface area contributed by atoms with Crippen LogP contribution in [0.15, 0.2) is 0 Å². The van der Waals surface area contributed by atoms with Gasteiger partial charge in [0.15, 0.2) is 6.17 Å². The zero-order valence-corrected chi connectivity index (χ0v) is 6.56. The second-order valence-electron chi connectivity index (χ2n) is 2.27. The Morgan fingerprint density at radius 2 is 2.10 bits per heavy atom. The normalized spacial score (nSPS) is 16.0. The van der Waals surface area contributed by atoms with Crippen molar-refractivity contribution in [3.8, 4) is 0 Å². The summed E-state index contributed by atoms with van der Waals surface area (Å²) in [5, 5.41) is 0. The Balaban J connectivity index is 3.57. The van der Waals surface area contributed by atoms with Crippen molar-refractivity contribution in [3.05, 3.63) is 0 Å². The zero-order chi connectivity index (χ0) is 8.15. The van der Waals surface area contributed by atoms with Gasteiger partial charge in [-0.3, -0.25) is 0 Å². The fourth-order valence-electron chi connectivity index (χ4n) is 0.375. The molecule has 0 amide bonds. The quantitative estimate of drug-likeness (QED) is 0.569. The summed E-state index contributed by atoms with van der Waals surface area (Å²) >= 11 is 0. The summed E-state index contributed by atoms with van der Waals surface area (Å²) in [6.45, 7) is 4.78. The standard InChI is InChI=1S/C7H13FO2/c1-4-5(2)10-7(9)6(3)8/h5-6H,4H2,1-3H3. The lowest BCUT2D eigenvalue weighted by atomic mass is 10.3. The van der Waals surface area contributed by atoms with Crippen LogP contribution in [0.4, 0.5) is 4.39 Å². The van der Waals surface area contributed by atoms with Crippen LogP contribution in [0.3, 0.4) is 0 Å². The fourth-order valence-corrected chi connectivity index (χ4v) is 0.375. The van der Waals surface area contributed by atoms with Gasteiger partial charge in [-0.15, -0.1) is 0 Å². The zero-order valence-electron chi connectivity index (χ0n) is 6.56. The average molecular weight is 148 g/mol. The van der Waals surface area contributed by atoms with Crippen molar-refractivity contribution in [1.29, 1.82) is 0 Å². The molecule has 0 spiro atoms. The Labute approximate surface area is 60.4 Å². The van der Waals surface area contributed by atoms with Gasteiger partial charge in [0, 0.05) is 0 Å². The van der Waals surface area contributed by atoms with Crippen LogP contribution in [0.1, 0.15) is 27.2 Å². The summed E-state index contributed by atoms with van der Waals surface area (Å²) in [4.78, 5) is 10.5. The third-order valence-electron chi connectivity index (χ3n) is 1.22. The minimum absolute atomic E-state index is 0.175. The van der Waals surface area contributed by atoms with Crippen LogP contribution in [-0.2, 0) is 9.53 Å². The van der Waals surface area contributed by atoms with E-state index < -0.39 is 12.1 Å². The first kappa shape index (κ1) is 9.40. The summed E-state index contributed by atoms with van der Waals surface area (Å²) in [7, 11) is 0. The average Bonchev–Trinajstić information content (AvgIpc) is 1.87. The van der Waals surface area contributed by atoms with Gasteiger partial charge in [0.1, 0.15) is 0 Å². The third kappa shape index (κ3) is 3.43. The predicted octanol–water partition coefficient (Wildman–Crippen LogP) is 1.69. The number of ether oxygens (including phenoxy) is 1. The Hall–Kier alpha value is -0.600. The molecule has 0 N–H and O–H groups in total. The van der Waals surface area contributed by atoms with Crippen LogP contribution < -0.4 is 0 Å². The molecule has 0 aromatic heterocycles. The highest BCUT2D eigenvalue weighted by molar-refractivity contribution is 5.74. The van der Waals surface area contributed by atoms with Crippen molar-refractivity contribution in [2.24, 2.45) is 0 Å². The van der Waals surface area contributed by atoms with Gasteiger partial charge in [0.05, 0.1) is 6.10 Å². The molecule has 3 heteroatoms. The topological polar surface area (TPSA) is 26.3 Å². The van der Waals surface area contributed by atoms with E-state index in [1.54, 1.807) is 6.92 Å². The Morgan fingerprint density at radius 1 is 1.60 bits per heavy atom. The second-order valence-corrected chi connectivity index (χ2v) is 2.27. The van der Waals surface area contributed by atoms with Gasteiger partial charge >= 0.3 is 5.97 Å². The number of rotatable bonds is 3. The van der Waals surface area contributed by atoms with Crippen LogP contribution in [-0.4, -0.2) is 18.2 Å². The Bertz CT molecular complexity index is 112. The molecule has 0 aromatic rings. The molecule has 2 unspecified atom stereocenters. The van der Waals surface area contributed by atoms with E-state index in [1.807, 2.05) is 6.92 Å². The molecule has 0 saturated carbocycles. The second kappa shape index (κ2) is 4.25. The van der Waals surface area contributed by atoms with Gasteiger partial charge in [-0.25, -0.2) is 9.18 Å². The van der Waals surface area contributed by atoms with E-state index >= 15 is 0 Å². The van der Waals surface area contributed by atoms with E-state index in [9.17, 15) is 9.18 Å².